The van der Waals surface area contributed by atoms with Crippen LogP contribution >= 0.6 is 11.3 Å². The molecule has 1 N–H and O–H groups in total. The summed E-state index contributed by atoms with van der Waals surface area (Å²) in [5.41, 5.74) is 1.76. The zero-order chi connectivity index (χ0) is 15.0. The first kappa shape index (κ1) is 13.6. The Kier molecular flexibility index (Phi) is 3.39. The molecule has 6 heteroatoms. The van der Waals surface area contributed by atoms with Gasteiger partial charge in [0.15, 0.2) is 0 Å². The summed E-state index contributed by atoms with van der Waals surface area (Å²) < 4.78 is 7.02. The molecule has 0 fully saturated rings. The van der Waals surface area contributed by atoms with Crippen LogP contribution in [-0.4, -0.2) is 28.0 Å². The van der Waals surface area contributed by atoms with Gasteiger partial charge in [0.2, 0.25) is 0 Å². The Morgan fingerprint density at radius 3 is 2.90 bits per heavy atom. The second-order valence-electron chi connectivity index (χ2n) is 4.55. The lowest BCUT2D eigenvalue weighted by atomic mass is 10.2. The molecule has 0 aliphatic rings. The molecule has 0 unspecified atom stereocenters. The van der Waals surface area contributed by atoms with Crippen molar-refractivity contribution in [2.45, 2.75) is 13.3 Å². The molecule has 0 aliphatic carbocycles. The lowest BCUT2D eigenvalue weighted by Gasteiger charge is -2.05. The molecule has 2 heterocycles. The van der Waals surface area contributed by atoms with Gasteiger partial charge in [-0.25, -0.2) is 9.48 Å². The summed E-state index contributed by atoms with van der Waals surface area (Å²) in [7, 11) is 1.61. The van der Waals surface area contributed by atoms with Crippen LogP contribution < -0.4 is 4.74 Å². The van der Waals surface area contributed by atoms with E-state index < -0.39 is 5.97 Å². The van der Waals surface area contributed by atoms with Crippen LogP contribution in [0.25, 0.3) is 15.9 Å². The van der Waals surface area contributed by atoms with Crippen LogP contribution in [0.2, 0.25) is 0 Å². The maximum absolute atomic E-state index is 11.2. The third-order valence-corrected chi connectivity index (χ3v) is 4.38. The Labute approximate surface area is 125 Å². The molecule has 21 heavy (non-hydrogen) atoms. The minimum atomic E-state index is -0.907. The molecule has 0 atom stereocenters. The number of carboxylic acid groups (broad SMARTS) is 1. The Hall–Kier alpha value is -2.34. The highest BCUT2D eigenvalue weighted by atomic mass is 32.1. The average Bonchev–Trinajstić information content (AvgIpc) is 3.06. The van der Waals surface area contributed by atoms with Crippen molar-refractivity contribution in [1.82, 2.24) is 9.78 Å². The third-order valence-electron chi connectivity index (χ3n) is 3.28. The highest BCUT2D eigenvalue weighted by Crippen LogP contribution is 2.31. The molecule has 3 rings (SSSR count). The monoisotopic (exact) mass is 302 g/mol. The number of hydrogen-bond donors (Lipinski definition) is 1. The quantitative estimate of drug-likeness (QED) is 0.802. The van der Waals surface area contributed by atoms with Gasteiger partial charge in [-0.2, -0.15) is 5.10 Å². The van der Waals surface area contributed by atoms with Crippen molar-refractivity contribution in [3.8, 4) is 11.4 Å². The van der Waals surface area contributed by atoms with Gasteiger partial charge in [-0.05, 0) is 24.6 Å². The van der Waals surface area contributed by atoms with Gasteiger partial charge in [0, 0.05) is 11.5 Å². The van der Waals surface area contributed by atoms with Crippen LogP contribution in [0.3, 0.4) is 0 Å². The summed E-state index contributed by atoms with van der Waals surface area (Å²) in [5.74, 6) is -0.167. The molecule has 0 radical (unpaired) electrons. The van der Waals surface area contributed by atoms with E-state index >= 15 is 0 Å². The minimum Gasteiger partial charge on any atom is -0.497 e. The van der Waals surface area contributed by atoms with E-state index in [9.17, 15) is 9.90 Å². The van der Waals surface area contributed by atoms with Crippen LogP contribution in [0, 0.1) is 0 Å². The summed E-state index contributed by atoms with van der Waals surface area (Å²) >= 11 is 1.24. The highest BCUT2D eigenvalue weighted by Gasteiger charge is 2.17. The van der Waals surface area contributed by atoms with E-state index in [0.717, 1.165) is 33.8 Å². The van der Waals surface area contributed by atoms with Crippen molar-refractivity contribution >= 4 is 27.5 Å². The fourth-order valence-electron chi connectivity index (χ4n) is 2.25. The molecular weight excluding hydrogens is 288 g/mol. The van der Waals surface area contributed by atoms with Crippen LogP contribution in [-0.2, 0) is 6.42 Å². The van der Waals surface area contributed by atoms with Crippen molar-refractivity contribution < 1.29 is 14.6 Å². The van der Waals surface area contributed by atoms with Gasteiger partial charge in [-0.1, -0.05) is 13.0 Å². The van der Waals surface area contributed by atoms with E-state index in [2.05, 4.69) is 5.10 Å². The number of nitrogens with zero attached hydrogens (tertiary/aromatic N) is 2. The first-order chi connectivity index (χ1) is 10.1. The lowest BCUT2D eigenvalue weighted by Crippen LogP contribution is -1.97. The van der Waals surface area contributed by atoms with Crippen LogP contribution in [0.1, 0.15) is 22.3 Å². The summed E-state index contributed by atoms with van der Waals surface area (Å²) in [6.07, 6.45) is 0.753. The molecule has 5 nitrogen and oxygen atoms in total. The number of aromatic carboxylic acids is 1. The number of methoxy groups -OCH3 is 1. The van der Waals surface area contributed by atoms with Crippen molar-refractivity contribution in [3.63, 3.8) is 0 Å². The van der Waals surface area contributed by atoms with Gasteiger partial charge in [0.05, 0.1) is 18.5 Å². The fraction of sp³-hybridized carbons (Fsp3) is 0.200. The topological polar surface area (TPSA) is 64.4 Å². The number of carbonyl (C=O) groups is 1. The summed E-state index contributed by atoms with van der Waals surface area (Å²) in [6, 6.07) is 9.26. The largest absolute Gasteiger partial charge is 0.497 e. The number of aryl methyl sites for hydroxylation is 1. The van der Waals surface area contributed by atoms with E-state index in [1.54, 1.807) is 17.9 Å². The maximum atomic E-state index is 11.2. The van der Waals surface area contributed by atoms with E-state index in [0.29, 0.717) is 4.88 Å². The normalized spacial score (nSPS) is 11.0. The number of fused-ring (bicyclic) bond motifs is 1. The zero-order valence-corrected chi connectivity index (χ0v) is 12.5. The van der Waals surface area contributed by atoms with Gasteiger partial charge in [0.25, 0.3) is 0 Å². The second kappa shape index (κ2) is 5.21. The number of thiophene rings is 1. The minimum absolute atomic E-state index is 0.328. The molecule has 108 valence electrons. The molecule has 0 aliphatic heterocycles. The van der Waals surface area contributed by atoms with E-state index in [4.69, 9.17) is 4.74 Å². The van der Waals surface area contributed by atoms with Crippen molar-refractivity contribution in [2.24, 2.45) is 0 Å². The number of ether oxygens (including phenoxy) is 1. The second-order valence-corrected chi connectivity index (χ2v) is 5.58. The predicted molar refractivity (Wildman–Crippen MR) is 81.8 cm³/mol. The Morgan fingerprint density at radius 1 is 1.43 bits per heavy atom. The molecule has 0 bridgehead atoms. The van der Waals surface area contributed by atoms with Crippen LogP contribution in [0.4, 0.5) is 0 Å². The first-order valence-electron chi connectivity index (χ1n) is 6.53. The number of benzene rings is 1. The standard InChI is InChI=1S/C15H14N2O3S/c1-3-12-11-8-13(15(18)19)21-14(11)17(16-12)9-5-4-6-10(7-9)20-2/h4-8H,3H2,1-2H3,(H,18,19). The van der Waals surface area contributed by atoms with E-state index in [1.807, 2.05) is 31.2 Å². The van der Waals surface area contributed by atoms with Crippen molar-refractivity contribution in [1.29, 1.82) is 0 Å². The van der Waals surface area contributed by atoms with Gasteiger partial charge in [-0.3, -0.25) is 0 Å². The smallest absolute Gasteiger partial charge is 0.345 e. The number of aromatic nitrogens is 2. The summed E-state index contributed by atoms with van der Waals surface area (Å²) in [4.78, 5) is 12.3. The van der Waals surface area contributed by atoms with Crippen molar-refractivity contribution in [2.75, 3.05) is 7.11 Å². The molecule has 0 saturated carbocycles. The average molecular weight is 302 g/mol. The SMILES string of the molecule is CCc1nn(-c2cccc(OC)c2)c2sc(C(=O)O)cc12. The molecule has 0 spiro atoms. The van der Waals surface area contributed by atoms with Crippen molar-refractivity contribution in [3.05, 3.63) is 40.9 Å². The fourth-order valence-corrected chi connectivity index (χ4v) is 3.24. The Morgan fingerprint density at radius 2 is 2.24 bits per heavy atom. The molecule has 0 saturated heterocycles. The predicted octanol–water partition coefficient (Wildman–Crippen LogP) is 3.36. The lowest BCUT2D eigenvalue weighted by molar-refractivity contribution is 0.0702. The van der Waals surface area contributed by atoms with E-state index in [-0.39, 0.29) is 0 Å². The Bertz CT molecular complexity index is 820. The van der Waals surface area contributed by atoms with Gasteiger partial charge in [0.1, 0.15) is 15.5 Å². The third kappa shape index (κ3) is 2.27. The number of rotatable bonds is 4. The molecule has 2 aromatic heterocycles. The number of carboxylic acids is 1. The molecule has 3 aromatic rings. The Balaban J connectivity index is 2.23. The molecular formula is C15H14N2O3S. The molecule has 1 aromatic carbocycles. The number of hydrogen-bond acceptors (Lipinski definition) is 4. The highest BCUT2D eigenvalue weighted by molar-refractivity contribution is 7.20. The zero-order valence-electron chi connectivity index (χ0n) is 11.7. The van der Waals surface area contributed by atoms with Crippen LogP contribution in [0.15, 0.2) is 30.3 Å². The first-order valence-corrected chi connectivity index (χ1v) is 7.35. The summed E-state index contributed by atoms with van der Waals surface area (Å²) in [6.45, 7) is 2.01. The van der Waals surface area contributed by atoms with Gasteiger partial charge in [-0.15, -0.1) is 11.3 Å². The maximum Gasteiger partial charge on any atom is 0.345 e. The summed E-state index contributed by atoms with van der Waals surface area (Å²) in [5, 5.41) is 14.7. The molecule has 0 amide bonds. The van der Waals surface area contributed by atoms with Gasteiger partial charge < -0.3 is 9.84 Å². The van der Waals surface area contributed by atoms with E-state index in [1.165, 1.54) is 11.3 Å². The van der Waals surface area contributed by atoms with Crippen LogP contribution in [0.5, 0.6) is 5.75 Å². The van der Waals surface area contributed by atoms with Gasteiger partial charge >= 0.3 is 5.97 Å².